The van der Waals surface area contributed by atoms with Crippen LogP contribution in [0.2, 0.25) is 5.02 Å². The third-order valence-corrected chi connectivity index (χ3v) is 4.65. The van der Waals surface area contributed by atoms with Crippen molar-refractivity contribution in [1.29, 1.82) is 0 Å². The minimum Gasteiger partial charge on any atom is -0.382 e. The van der Waals surface area contributed by atoms with Crippen LogP contribution in [0.3, 0.4) is 0 Å². The molecule has 0 aliphatic rings. The first-order chi connectivity index (χ1) is 8.79. The smallest absolute Gasteiger partial charge is 0.122 e. The highest BCUT2D eigenvalue weighted by molar-refractivity contribution is 7.09. The molecule has 0 amide bonds. The highest BCUT2D eigenvalue weighted by Gasteiger charge is 2.21. The Morgan fingerprint density at radius 1 is 1.32 bits per heavy atom. The van der Waals surface area contributed by atoms with Gasteiger partial charge in [0.2, 0.25) is 0 Å². The first kappa shape index (κ1) is 14.5. The normalized spacial score (nSPS) is 13.6. The van der Waals surface area contributed by atoms with Gasteiger partial charge in [0, 0.05) is 15.8 Å². The summed E-state index contributed by atoms with van der Waals surface area (Å²) in [7, 11) is 0. The highest BCUT2D eigenvalue weighted by Crippen LogP contribution is 2.31. The van der Waals surface area contributed by atoms with Gasteiger partial charge in [0.25, 0.3) is 0 Å². The number of nitrogens with zero attached hydrogens (tertiary/aromatic N) is 1. The van der Waals surface area contributed by atoms with Gasteiger partial charge in [-0.25, -0.2) is 4.98 Å². The van der Waals surface area contributed by atoms with Crippen molar-refractivity contribution < 1.29 is 5.11 Å². The second kappa shape index (κ2) is 5.23. The van der Waals surface area contributed by atoms with Crippen molar-refractivity contribution in [3.05, 3.63) is 50.4 Å². The molecule has 2 aromatic rings. The van der Waals surface area contributed by atoms with Gasteiger partial charge < -0.3 is 5.11 Å². The molecule has 0 saturated heterocycles. The minimum atomic E-state index is -0.717. The van der Waals surface area contributed by atoms with E-state index in [0.29, 0.717) is 10.7 Å². The predicted octanol–water partition coefficient (Wildman–Crippen LogP) is 4.48. The summed E-state index contributed by atoms with van der Waals surface area (Å²) in [5.74, 6) is 0. The van der Waals surface area contributed by atoms with Gasteiger partial charge >= 0.3 is 0 Å². The number of rotatable bonds is 2. The summed E-state index contributed by atoms with van der Waals surface area (Å²) in [6.07, 6.45) is -0.717. The Balaban J connectivity index is 2.31. The zero-order chi connectivity index (χ0) is 14.2. The van der Waals surface area contributed by atoms with Gasteiger partial charge in [0.1, 0.15) is 6.10 Å². The number of halogens is 1. The quantitative estimate of drug-likeness (QED) is 0.886. The number of aliphatic hydroxyl groups excluding tert-OH is 1. The Hall–Kier alpha value is -0.900. The van der Waals surface area contributed by atoms with E-state index in [2.05, 4.69) is 25.8 Å². The molecule has 0 aliphatic carbocycles. The Morgan fingerprint density at radius 3 is 2.53 bits per heavy atom. The van der Waals surface area contributed by atoms with Crippen LogP contribution in [0.1, 0.15) is 48.7 Å². The number of thiazole rings is 1. The summed E-state index contributed by atoms with van der Waals surface area (Å²) < 4.78 is 0. The van der Waals surface area contributed by atoms with Crippen LogP contribution >= 0.6 is 22.9 Å². The van der Waals surface area contributed by atoms with Gasteiger partial charge in [0.05, 0.1) is 10.7 Å². The number of aliphatic hydroxyl groups is 1. The number of benzene rings is 1. The zero-order valence-electron chi connectivity index (χ0n) is 11.6. The van der Waals surface area contributed by atoms with Crippen LogP contribution in [0.15, 0.2) is 23.6 Å². The van der Waals surface area contributed by atoms with Crippen LogP contribution in [0.4, 0.5) is 0 Å². The van der Waals surface area contributed by atoms with Crippen molar-refractivity contribution in [2.45, 2.75) is 39.2 Å². The molecule has 0 radical (unpaired) electrons. The Labute approximate surface area is 123 Å². The third-order valence-electron chi connectivity index (χ3n) is 2.96. The molecule has 4 heteroatoms. The molecule has 0 aliphatic heterocycles. The molecule has 1 N–H and O–H groups in total. The maximum atomic E-state index is 10.4. The number of aromatic nitrogens is 1. The SMILES string of the molecule is Cc1ccc(C(O)c2csc(C(C)(C)C)n2)cc1Cl. The van der Waals surface area contributed by atoms with Gasteiger partial charge in [-0.3, -0.25) is 0 Å². The number of aryl methyl sites for hydroxylation is 1. The Morgan fingerprint density at radius 2 is 2.00 bits per heavy atom. The molecule has 1 atom stereocenters. The molecular formula is C15H18ClNOS. The molecule has 1 unspecified atom stereocenters. The van der Waals surface area contributed by atoms with E-state index >= 15 is 0 Å². The lowest BCUT2D eigenvalue weighted by Crippen LogP contribution is -2.11. The topological polar surface area (TPSA) is 33.1 Å². The Kier molecular flexibility index (Phi) is 4.00. The fourth-order valence-corrected chi connectivity index (χ4v) is 2.82. The lowest BCUT2D eigenvalue weighted by molar-refractivity contribution is 0.215. The molecule has 0 bridgehead atoms. The fourth-order valence-electron chi connectivity index (χ4n) is 1.71. The lowest BCUT2D eigenvalue weighted by atomic mass is 9.98. The van der Waals surface area contributed by atoms with Crippen LogP contribution in [-0.4, -0.2) is 10.1 Å². The summed E-state index contributed by atoms with van der Waals surface area (Å²) in [5.41, 5.74) is 2.48. The molecular weight excluding hydrogens is 278 g/mol. The zero-order valence-corrected chi connectivity index (χ0v) is 13.1. The van der Waals surface area contributed by atoms with E-state index in [1.165, 1.54) is 0 Å². The van der Waals surface area contributed by atoms with E-state index in [-0.39, 0.29) is 5.41 Å². The van der Waals surface area contributed by atoms with Crippen molar-refractivity contribution in [2.24, 2.45) is 0 Å². The second-order valence-corrected chi connectivity index (χ2v) is 7.00. The van der Waals surface area contributed by atoms with Crippen LogP contribution in [0.5, 0.6) is 0 Å². The summed E-state index contributed by atoms with van der Waals surface area (Å²) in [4.78, 5) is 4.54. The van der Waals surface area contributed by atoms with E-state index in [1.54, 1.807) is 17.4 Å². The molecule has 2 rings (SSSR count). The molecule has 1 aromatic carbocycles. The molecule has 1 heterocycles. The third kappa shape index (κ3) is 3.16. The maximum absolute atomic E-state index is 10.4. The van der Waals surface area contributed by atoms with Gasteiger partial charge in [-0.2, -0.15) is 0 Å². The van der Waals surface area contributed by atoms with Crippen LogP contribution in [-0.2, 0) is 5.41 Å². The molecule has 1 aromatic heterocycles. The number of hydrogen-bond donors (Lipinski definition) is 1. The minimum absolute atomic E-state index is 0.00750. The van der Waals surface area contributed by atoms with Crippen LogP contribution < -0.4 is 0 Å². The monoisotopic (exact) mass is 295 g/mol. The first-order valence-corrected chi connectivity index (χ1v) is 7.45. The average molecular weight is 296 g/mol. The lowest BCUT2D eigenvalue weighted by Gasteiger charge is -2.14. The largest absolute Gasteiger partial charge is 0.382 e. The summed E-state index contributed by atoms with van der Waals surface area (Å²) >= 11 is 7.68. The average Bonchev–Trinajstić information content (AvgIpc) is 2.81. The second-order valence-electron chi connectivity index (χ2n) is 5.74. The predicted molar refractivity (Wildman–Crippen MR) is 81.1 cm³/mol. The molecule has 0 fully saturated rings. The van der Waals surface area contributed by atoms with Crippen molar-refractivity contribution in [1.82, 2.24) is 4.98 Å². The standard InChI is InChI=1S/C15H18ClNOS/c1-9-5-6-10(7-11(9)16)13(18)12-8-19-14(17-12)15(2,3)4/h5-8,13,18H,1-4H3. The van der Waals surface area contributed by atoms with Gasteiger partial charge in [-0.1, -0.05) is 44.5 Å². The summed E-state index contributed by atoms with van der Waals surface area (Å²) in [6.45, 7) is 8.29. The van der Waals surface area contributed by atoms with E-state index in [4.69, 9.17) is 11.6 Å². The summed E-state index contributed by atoms with van der Waals surface area (Å²) in [5, 5.41) is 14.0. The number of hydrogen-bond acceptors (Lipinski definition) is 3. The van der Waals surface area contributed by atoms with E-state index in [1.807, 2.05) is 24.4 Å². The van der Waals surface area contributed by atoms with E-state index in [0.717, 1.165) is 16.1 Å². The molecule has 19 heavy (non-hydrogen) atoms. The van der Waals surface area contributed by atoms with Crippen LogP contribution in [0, 0.1) is 6.92 Å². The van der Waals surface area contributed by atoms with Gasteiger partial charge in [-0.05, 0) is 24.1 Å². The maximum Gasteiger partial charge on any atom is 0.122 e. The van der Waals surface area contributed by atoms with E-state index < -0.39 is 6.10 Å². The fraction of sp³-hybridized carbons (Fsp3) is 0.400. The van der Waals surface area contributed by atoms with Crippen molar-refractivity contribution in [2.75, 3.05) is 0 Å². The summed E-state index contributed by atoms with van der Waals surface area (Å²) in [6, 6.07) is 5.61. The van der Waals surface area contributed by atoms with Crippen molar-refractivity contribution >= 4 is 22.9 Å². The molecule has 0 saturated carbocycles. The van der Waals surface area contributed by atoms with Gasteiger partial charge in [0.15, 0.2) is 0 Å². The van der Waals surface area contributed by atoms with Crippen molar-refractivity contribution in [3.8, 4) is 0 Å². The Bertz CT molecular complexity index is 586. The van der Waals surface area contributed by atoms with Crippen molar-refractivity contribution in [3.63, 3.8) is 0 Å². The molecule has 102 valence electrons. The van der Waals surface area contributed by atoms with E-state index in [9.17, 15) is 5.11 Å². The highest BCUT2D eigenvalue weighted by atomic mass is 35.5. The van der Waals surface area contributed by atoms with Gasteiger partial charge in [-0.15, -0.1) is 11.3 Å². The molecule has 0 spiro atoms. The molecule has 2 nitrogen and oxygen atoms in total. The van der Waals surface area contributed by atoms with Crippen LogP contribution in [0.25, 0.3) is 0 Å². The first-order valence-electron chi connectivity index (χ1n) is 6.19.